The highest BCUT2D eigenvalue weighted by Gasteiger charge is 2.19. The van der Waals surface area contributed by atoms with E-state index in [2.05, 4.69) is 4.72 Å². The molecule has 0 atom stereocenters. The minimum atomic E-state index is -3.81. The Morgan fingerprint density at radius 2 is 1.48 bits per heavy atom. The number of hydrogen-bond donors (Lipinski definition) is 2. The van der Waals surface area contributed by atoms with Crippen molar-refractivity contribution in [2.75, 3.05) is 6.54 Å². The summed E-state index contributed by atoms with van der Waals surface area (Å²) in [6, 6.07) is 4.90. The van der Waals surface area contributed by atoms with Crippen LogP contribution in [-0.2, 0) is 20.0 Å². The third kappa shape index (κ3) is 4.50. The molecule has 3 N–H and O–H groups in total. The van der Waals surface area contributed by atoms with Gasteiger partial charge in [0, 0.05) is 6.54 Å². The molecule has 1 aromatic rings. The molecule has 6 nitrogen and oxygen atoms in total. The first-order valence-corrected chi connectivity index (χ1v) is 9.94. The summed E-state index contributed by atoms with van der Waals surface area (Å²) in [6.07, 6.45) is 5.61. The van der Waals surface area contributed by atoms with Crippen molar-refractivity contribution in [1.29, 1.82) is 0 Å². The van der Waals surface area contributed by atoms with Gasteiger partial charge in [0.2, 0.25) is 20.0 Å². The van der Waals surface area contributed by atoms with Gasteiger partial charge in [0.15, 0.2) is 0 Å². The molecule has 1 fully saturated rings. The third-order valence-corrected chi connectivity index (χ3v) is 6.12. The maximum atomic E-state index is 12.1. The average Bonchev–Trinajstić information content (AvgIpc) is 2.46. The van der Waals surface area contributed by atoms with Crippen molar-refractivity contribution in [3.63, 3.8) is 0 Å². The highest BCUT2D eigenvalue weighted by molar-refractivity contribution is 7.89. The van der Waals surface area contributed by atoms with Crippen LogP contribution in [0.5, 0.6) is 0 Å². The van der Waals surface area contributed by atoms with E-state index in [0.29, 0.717) is 12.5 Å². The number of nitrogens with two attached hydrogens (primary N) is 1. The van der Waals surface area contributed by atoms with Crippen LogP contribution >= 0.6 is 0 Å². The SMILES string of the molecule is NS(=O)(=O)c1ccc(S(=O)(=O)NCC2CCCCC2)cc1. The second kappa shape index (κ2) is 6.43. The molecule has 0 saturated heterocycles. The molecule has 1 aromatic carbocycles. The Hall–Kier alpha value is -0.960. The van der Waals surface area contributed by atoms with Crippen molar-refractivity contribution in [3.05, 3.63) is 24.3 Å². The topological polar surface area (TPSA) is 106 Å². The summed E-state index contributed by atoms with van der Waals surface area (Å²) >= 11 is 0. The van der Waals surface area contributed by atoms with Crippen molar-refractivity contribution in [1.82, 2.24) is 4.72 Å². The first kappa shape index (κ1) is 16.4. The Bertz CT molecular complexity index is 675. The summed E-state index contributed by atoms with van der Waals surface area (Å²) in [6.45, 7) is 0.430. The minimum absolute atomic E-state index is 0.0470. The molecule has 1 saturated carbocycles. The lowest BCUT2D eigenvalue weighted by atomic mass is 9.90. The summed E-state index contributed by atoms with van der Waals surface area (Å²) < 4.78 is 49.2. The molecule has 0 bridgehead atoms. The van der Waals surface area contributed by atoms with E-state index in [1.807, 2.05) is 0 Å². The zero-order chi connectivity index (χ0) is 15.5. The van der Waals surface area contributed by atoms with Crippen LogP contribution in [0.4, 0.5) is 0 Å². The maximum Gasteiger partial charge on any atom is 0.240 e. The van der Waals surface area contributed by atoms with Crippen LogP contribution in [0.2, 0.25) is 0 Å². The molecule has 0 radical (unpaired) electrons. The van der Waals surface area contributed by atoms with Gasteiger partial charge >= 0.3 is 0 Å². The predicted molar refractivity (Wildman–Crippen MR) is 79.6 cm³/mol. The van der Waals surface area contributed by atoms with Gasteiger partial charge in [0.05, 0.1) is 9.79 Å². The van der Waals surface area contributed by atoms with Gasteiger partial charge in [-0.2, -0.15) is 0 Å². The zero-order valence-corrected chi connectivity index (χ0v) is 13.3. The molecule has 21 heavy (non-hydrogen) atoms. The fourth-order valence-electron chi connectivity index (χ4n) is 2.51. The normalized spacial score (nSPS) is 17.8. The van der Waals surface area contributed by atoms with Crippen molar-refractivity contribution in [3.8, 4) is 0 Å². The highest BCUT2D eigenvalue weighted by atomic mass is 32.2. The molecular weight excluding hydrogens is 312 g/mol. The van der Waals surface area contributed by atoms with Gasteiger partial charge in [-0.3, -0.25) is 0 Å². The Morgan fingerprint density at radius 3 is 2.00 bits per heavy atom. The first-order valence-electron chi connectivity index (χ1n) is 6.91. The summed E-state index contributed by atoms with van der Waals surface area (Å²) in [5.41, 5.74) is 0. The van der Waals surface area contributed by atoms with E-state index in [1.165, 1.54) is 30.7 Å². The van der Waals surface area contributed by atoms with Crippen LogP contribution in [0.3, 0.4) is 0 Å². The molecule has 0 amide bonds. The maximum absolute atomic E-state index is 12.1. The van der Waals surface area contributed by atoms with Gasteiger partial charge in [-0.05, 0) is 43.0 Å². The lowest BCUT2D eigenvalue weighted by Crippen LogP contribution is -2.30. The van der Waals surface area contributed by atoms with E-state index >= 15 is 0 Å². The molecule has 0 aromatic heterocycles. The van der Waals surface area contributed by atoms with Crippen molar-refractivity contribution in [2.24, 2.45) is 11.1 Å². The molecule has 0 unspecified atom stereocenters. The fourth-order valence-corrected chi connectivity index (χ4v) is 4.14. The van der Waals surface area contributed by atoms with E-state index in [1.54, 1.807) is 0 Å². The quantitative estimate of drug-likeness (QED) is 0.844. The van der Waals surface area contributed by atoms with E-state index in [-0.39, 0.29) is 9.79 Å². The third-order valence-electron chi connectivity index (χ3n) is 3.75. The fraction of sp³-hybridized carbons (Fsp3) is 0.538. The van der Waals surface area contributed by atoms with Gasteiger partial charge in [-0.15, -0.1) is 0 Å². The van der Waals surface area contributed by atoms with Gasteiger partial charge in [-0.25, -0.2) is 26.7 Å². The smallest absolute Gasteiger partial charge is 0.225 e. The second-order valence-electron chi connectivity index (χ2n) is 5.37. The summed E-state index contributed by atoms with van der Waals surface area (Å²) in [4.78, 5) is -0.0561. The lowest BCUT2D eigenvalue weighted by molar-refractivity contribution is 0.357. The number of primary sulfonamides is 1. The molecule has 118 valence electrons. The van der Waals surface area contributed by atoms with Crippen LogP contribution in [-0.4, -0.2) is 23.4 Å². The number of nitrogens with one attached hydrogen (secondary N) is 1. The molecule has 1 aliphatic rings. The Morgan fingerprint density at radius 1 is 0.952 bits per heavy atom. The summed E-state index contributed by atoms with van der Waals surface area (Å²) in [5.74, 6) is 0.386. The van der Waals surface area contributed by atoms with E-state index in [9.17, 15) is 16.8 Å². The zero-order valence-electron chi connectivity index (χ0n) is 11.7. The van der Waals surface area contributed by atoms with Crippen LogP contribution in [0.1, 0.15) is 32.1 Å². The van der Waals surface area contributed by atoms with E-state index < -0.39 is 20.0 Å². The number of rotatable bonds is 5. The summed E-state index contributed by atoms with van der Waals surface area (Å²) in [5, 5.41) is 4.98. The Balaban J connectivity index is 2.05. The van der Waals surface area contributed by atoms with Gasteiger partial charge in [-0.1, -0.05) is 19.3 Å². The number of hydrogen-bond acceptors (Lipinski definition) is 4. The predicted octanol–water partition coefficient (Wildman–Crippen LogP) is 1.19. The number of benzene rings is 1. The van der Waals surface area contributed by atoms with Gasteiger partial charge in [0.1, 0.15) is 0 Å². The molecule has 0 aliphatic heterocycles. The molecular formula is C13H20N2O4S2. The second-order valence-corrected chi connectivity index (χ2v) is 8.70. The average molecular weight is 332 g/mol. The van der Waals surface area contributed by atoms with E-state index in [4.69, 9.17) is 5.14 Å². The van der Waals surface area contributed by atoms with Crippen LogP contribution < -0.4 is 9.86 Å². The molecule has 2 rings (SSSR count). The lowest BCUT2D eigenvalue weighted by Gasteiger charge is -2.21. The molecule has 1 aliphatic carbocycles. The van der Waals surface area contributed by atoms with Crippen molar-refractivity contribution in [2.45, 2.75) is 41.9 Å². The first-order chi connectivity index (χ1) is 9.79. The monoisotopic (exact) mass is 332 g/mol. The van der Waals surface area contributed by atoms with E-state index in [0.717, 1.165) is 25.7 Å². The number of sulfonamides is 2. The van der Waals surface area contributed by atoms with Crippen molar-refractivity contribution >= 4 is 20.0 Å². The van der Waals surface area contributed by atoms with Crippen LogP contribution in [0.25, 0.3) is 0 Å². The van der Waals surface area contributed by atoms with Gasteiger partial charge < -0.3 is 0 Å². The summed E-state index contributed by atoms with van der Waals surface area (Å²) in [7, 11) is -7.42. The Kier molecular flexibility index (Phi) is 5.03. The minimum Gasteiger partial charge on any atom is -0.225 e. The van der Waals surface area contributed by atoms with Crippen molar-refractivity contribution < 1.29 is 16.8 Å². The largest absolute Gasteiger partial charge is 0.240 e. The molecule has 8 heteroatoms. The Labute approximate surface area is 125 Å². The molecule has 0 spiro atoms. The van der Waals surface area contributed by atoms with Crippen LogP contribution in [0, 0.1) is 5.92 Å². The highest BCUT2D eigenvalue weighted by Crippen LogP contribution is 2.23. The molecule has 0 heterocycles. The standard InChI is InChI=1S/C13H20N2O4S2/c14-20(16,17)12-6-8-13(9-7-12)21(18,19)15-10-11-4-2-1-3-5-11/h6-9,11,15H,1-5,10H2,(H2,14,16,17). The van der Waals surface area contributed by atoms with Gasteiger partial charge in [0.25, 0.3) is 0 Å². The van der Waals surface area contributed by atoms with Crippen LogP contribution in [0.15, 0.2) is 34.1 Å².